The van der Waals surface area contributed by atoms with Gasteiger partial charge in [0.25, 0.3) is 0 Å². The van der Waals surface area contributed by atoms with Crippen LogP contribution in [0, 0.1) is 0 Å². The molecule has 2 nitrogen and oxygen atoms in total. The number of nitrogens with zero attached hydrogens (tertiary/aromatic N) is 1. The largest absolute Gasteiger partial charge is 0.326 e. The van der Waals surface area contributed by atoms with E-state index in [1.54, 1.807) is 0 Å². The van der Waals surface area contributed by atoms with Crippen molar-refractivity contribution in [3.63, 3.8) is 0 Å². The molecule has 1 aliphatic heterocycles. The Balaban J connectivity index is 2.23. The minimum atomic E-state index is 0.199. The zero-order chi connectivity index (χ0) is 14.5. The van der Waals surface area contributed by atoms with Crippen LogP contribution in [0.2, 0.25) is 0 Å². The van der Waals surface area contributed by atoms with Crippen molar-refractivity contribution in [2.75, 3.05) is 18.8 Å². The highest BCUT2D eigenvalue weighted by molar-refractivity contribution is 9.10. The third kappa shape index (κ3) is 4.00. The molecule has 1 aromatic carbocycles. The van der Waals surface area contributed by atoms with E-state index in [1.807, 2.05) is 0 Å². The molecule has 0 saturated carbocycles. The third-order valence-corrected chi connectivity index (χ3v) is 5.95. The van der Waals surface area contributed by atoms with Crippen LogP contribution < -0.4 is 5.73 Å². The van der Waals surface area contributed by atoms with E-state index < -0.39 is 0 Å². The Morgan fingerprint density at radius 2 is 2.25 bits per heavy atom. The molecule has 4 heteroatoms. The number of hydrogen-bond donors (Lipinski definition) is 1. The van der Waals surface area contributed by atoms with Gasteiger partial charge in [0, 0.05) is 40.6 Å². The topological polar surface area (TPSA) is 29.3 Å². The molecule has 1 heterocycles. The standard InChI is InChI=1S/C16H25BrN2S/c1-3-14-11-19(8-9-20-14)16(15(18)4-2)12-6-5-7-13(17)10-12/h5-7,10,14-16H,3-4,8-9,11,18H2,1-2H3. The lowest BCUT2D eigenvalue weighted by molar-refractivity contribution is 0.174. The molecule has 0 amide bonds. The predicted octanol–water partition coefficient (Wildman–Crippen LogP) is 4.05. The van der Waals surface area contributed by atoms with E-state index in [2.05, 4.69) is 70.7 Å². The highest BCUT2D eigenvalue weighted by atomic mass is 79.9. The maximum atomic E-state index is 6.45. The Labute approximate surface area is 135 Å². The number of hydrogen-bond acceptors (Lipinski definition) is 3. The molecule has 0 aromatic heterocycles. The first-order valence-electron chi connectivity index (χ1n) is 7.52. The molecule has 0 aliphatic carbocycles. The quantitative estimate of drug-likeness (QED) is 0.862. The number of nitrogens with two attached hydrogens (primary N) is 1. The van der Waals surface area contributed by atoms with Crippen molar-refractivity contribution in [3.8, 4) is 0 Å². The van der Waals surface area contributed by atoms with Crippen molar-refractivity contribution in [1.82, 2.24) is 4.90 Å². The summed E-state index contributed by atoms with van der Waals surface area (Å²) in [4.78, 5) is 2.60. The Kier molecular flexibility index (Phi) is 6.40. The normalized spacial score (nSPS) is 23.5. The van der Waals surface area contributed by atoms with Crippen molar-refractivity contribution < 1.29 is 0 Å². The molecule has 1 saturated heterocycles. The van der Waals surface area contributed by atoms with Gasteiger partial charge in [-0.25, -0.2) is 0 Å². The van der Waals surface area contributed by atoms with Crippen LogP contribution in [-0.2, 0) is 0 Å². The molecular formula is C16H25BrN2S. The van der Waals surface area contributed by atoms with Crippen LogP contribution in [0.3, 0.4) is 0 Å². The second kappa shape index (κ2) is 7.83. The first-order valence-corrected chi connectivity index (χ1v) is 9.36. The molecular weight excluding hydrogens is 332 g/mol. The predicted molar refractivity (Wildman–Crippen MR) is 93.3 cm³/mol. The summed E-state index contributed by atoms with van der Waals surface area (Å²) in [5.74, 6) is 1.22. The summed E-state index contributed by atoms with van der Waals surface area (Å²) in [6.45, 7) is 6.78. The summed E-state index contributed by atoms with van der Waals surface area (Å²) in [5, 5.41) is 0.752. The van der Waals surface area contributed by atoms with E-state index in [0.29, 0.717) is 6.04 Å². The summed E-state index contributed by atoms with van der Waals surface area (Å²) in [6, 6.07) is 9.18. The molecule has 2 N–H and O–H groups in total. The highest BCUT2D eigenvalue weighted by Crippen LogP contribution is 2.32. The van der Waals surface area contributed by atoms with Crippen molar-refractivity contribution in [2.24, 2.45) is 5.73 Å². The molecule has 0 radical (unpaired) electrons. The molecule has 1 aliphatic rings. The van der Waals surface area contributed by atoms with Gasteiger partial charge >= 0.3 is 0 Å². The van der Waals surface area contributed by atoms with Crippen molar-refractivity contribution in [1.29, 1.82) is 0 Å². The molecule has 112 valence electrons. The van der Waals surface area contributed by atoms with E-state index in [1.165, 1.54) is 17.7 Å². The van der Waals surface area contributed by atoms with Gasteiger partial charge in [-0.2, -0.15) is 11.8 Å². The van der Waals surface area contributed by atoms with Crippen molar-refractivity contribution in [2.45, 2.75) is 44.0 Å². The second-order valence-corrected chi connectivity index (χ2v) is 7.79. The number of thioether (sulfide) groups is 1. The van der Waals surface area contributed by atoms with Gasteiger partial charge in [-0.05, 0) is 30.5 Å². The minimum Gasteiger partial charge on any atom is -0.326 e. The molecule has 0 spiro atoms. The summed E-state index contributed by atoms with van der Waals surface area (Å²) in [5.41, 5.74) is 7.80. The van der Waals surface area contributed by atoms with E-state index in [4.69, 9.17) is 5.73 Å². The van der Waals surface area contributed by atoms with Crippen LogP contribution in [0.1, 0.15) is 38.3 Å². The van der Waals surface area contributed by atoms with Crippen molar-refractivity contribution >= 4 is 27.7 Å². The third-order valence-electron chi connectivity index (χ3n) is 4.09. The van der Waals surface area contributed by atoms with Crippen LogP contribution in [-0.4, -0.2) is 35.0 Å². The first kappa shape index (κ1) is 16.3. The van der Waals surface area contributed by atoms with Crippen LogP contribution >= 0.6 is 27.7 Å². The zero-order valence-electron chi connectivity index (χ0n) is 12.4. The number of benzene rings is 1. The van der Waals surface area contributed by atoms with Gasteiger partial charge < -0.3 is 5.73 Å². The summed E-state index contributed by atoms with van der Waals surface area (Å²) in [6.07, 6.45) is 2.26. The Hall–Kier alpha value is -0.0300. The van der Waals surface area contributed by atoms with Gasteiger partial charge in [0.15, 0.2) is 0 Å². The van der Waals surface area contributed by atoms with Crippen LogP contribution in [0.15, 0.2) is 28.7 Å². The van der Waals surface area contributed by atoms with Crippen LogP contribution in [0.4, 0.5) is 0 Å². The SMILES string of the molecule is CCC1CN(C(c2cccc(Br)c2)C(N)CC)CCS1. The maximum absolute atomic E-state index is 6.45. The molecule has 3 atom stereocenters. The average Bonchev–Trinajstić information content (AvgIpc) is 2.47. The zero-order valence-corrected chi connectivity index (χ0v) is 14.8. The Morgan fingerprint density at radius 3 is 2.90 bits per heavy atom. The van der Waals surface area contributed by atoms with E-state index >= 15 is 0 Å². The van der Waals surface area contributed by atoms with Crippen LogP contribution in [0.5, 0.6) is 0 Å². The fourth-order valence-electron chi connectivity index (χ4n) is 2.88. The number of halogens is 1. The first-order chi connectivity index (χ1) is 9.65. The second-order valence-electron chi connectivity index (χ2n) is 5.47. The lowest BCUT2D eigenvalue weighted by Gasteiger charge is -2.40. The van der Waals surface area contributed by atoms with E-state index in [-0.39, 0.29) is 6.04 Å². The van der Waals surface area contributed by atoms with E-state index in [9.17, 15) is 0 Å². The minimum absolute atomic E-state index is 0.199. The molecule has 3 unspecified atom stereocenters. The fraction of sp³-hybridized carbons (Fsp3) is 0.625. The Morgan fingerprint density at radius 1 is 1.45 bits per heavy atom. The molecule has 1 aromatic rings. The average molecular weight is 357 g/mol. The van der Waals surface area contributed by atoms with Gasteiger partial charge in [0.1, 0.15) is 0 Å². The number of rotatable bonds is 5. The van der Waals surface area contributed by atoms with Gasteiger partial charge in [-0.15, -0.1) is 0 Å². The molecule has 20 heavy (non-hydrogen) atoms. The lowest BCUT2D eigenvalue weighted by Crippen LogP contribution is -2.46. The van der Waals surface area contributed by atoms with Gasteiger partial charge in [0.05, 0.1) is 0 Å². The van der Waals surface area contributed by atoms with Gasteiger partial charge in [-0.3, -0.25) is 4.90 Å². The Bertz CT molecular complexity index is 427. The van der Waals surface area contributed by atoms with Gasteiger partial charge in [-0.1, -0.05) is 41.9 Å². The summed E-state index contributed by atoms with van der Waals surface area (Å²) < 4.78 is 1.14. The highest BCUT2D eigenvalue weighted by Gasteiger charge is 2.30. The smallest absolute Gasteiger partial charge is 0.0500 e. The maximum Gasteiger partial charge on any atom is 0.0500 e. The summed E-state index contributed by atoms with van der Waals surface area (Å²) in [7, 11) is 0. The van der Waals surface area contributed by atoms with E-state index in [0.717, 1.165) is 29.2 Å². The molecule has 2 rings (SSSR count). The lowest BCUT2D eigenvalue weighted by atomic mass is 9.96. The fourth-order valence-corrected chi connectivity index (χ4v) is 4.51. The van der Waals surface area contributed by atoms with Crippen LogP contribution in [0.25, 0.3) is 0 Å². The van der Waals surface area contributed by atoms with Gasteiger partial charge in [0.2, 0.25) is 0 Å². The monoisotopic (exact) mass is 356 g/mol. The summed E-state index contributed by atoms with van der Waals surface area (Å²) >= 11 is 5.70. The molecule has 0 bridgehead atoms. The van der Waals surface area contributed by atoms with Crippen molar-refractivity contribution in [3.05, 3.63) is 34.3 Å². The molecule has 1 fully saturated rings.